The number of hydrogen-bond acceptors (Lipinski definition) is 27. The van der Waals surface area contributed by atoms with Crippen molar-refractivity contribution in [2.24, 2.45) is 0 Å². The van der Waals surface area contributed by atoms with E-state index in [-0.39, 0.29) is 112 Å². The van der Waals surface area contributed by atoms with Gasteiger partial charge in [-0.05, 0) is 200 Å². The Morgan fingerprint density at radius 3 is 0.755 bits per heavy atom. The number of halogens is 3. The second-order valence-corrected chi connectivity index (χ2v) is 33.5. The molecule has 0 saturated heterocycles. The molecule has 32 heteroatoms. The van der Waals surface area contributed by atoms with E-state index in [9.17, 15) is 43.2 Å². The van der Waals surface area contributed by atoms with Gasteiger partial charge >= 0.3 is 59.9 Å². The van der Waals surface area contributed by atoms with E-state index in [2.05, 4.69) is 85.7 Å². The minimum absolute atomic E-state index is 0.0195. The standard InChI is InChI=1S/C10H19IO3.C10H20O4.C9H17IO3.C9H18O4.C8H15IO3.C8H16O4.2C7H12O2.C6H10N2O2/c2*1-10(2,3)14-9(12)5-8-13-7-4-6-11;2*1-9(2,3)13-8(11)4-6-12-7-5-10;2*1-8(2,3)12-7(10)6-11-5-4-9;2*1-5-6(8)9-7(2,3)4;1-6(2,3)10-5(9)4-8-7/h4-8H2,1-3H3;11H,4-8H2,1-3H3;4-7H2,1-3H3;10H,4-7H2,1-3H3;4-6H2,1-3H3;9H,4-6H2,1-3H3;2*5H,1H2,2-4H3;4H,1-3H3. The number of rotatable bonds is 33. The molecule has 0 atom stereocenters. The number of alkyl halides is 3. The molecule has 0 rings (SSSR count). The first-order valence-electron chi connectivity index (χ1n) is 34.5. The molecule has 0 radical (unpaired) electrons. The molecule has 0 saturated carbocycles. The van der Waals surface area contributed by atoms with Crippen LogP contribution in [0, 0.1) is 0 Å². The lowest BCUT2D eigenvalue weighted by atomic mass is 10.2. The van der Waals surface area contributed by atoms with E-state index in [0.717, 1.165) is 38.5 Å². The molecule has 0 aliphatic carbocycles. The summed E-state index contributed by atoms with van der Waals surface area (Å²) in [5, 5.41) is 25.2. The van der Waals surface area contributed by atoms with Gasteiger partial charge in [-0.25, -0.2) is 24.0 Å². The van der Waals surface area contributed by atoms with Crippen LogP contribution in [-0.2, 0) is 114 Å². The highest BCUT2D eigenvalue weighted by Crippen LogP contribution is 2.13. The smallest absolute Gasteiger partial charge is 0.414 e. The topological polar surface area (TPSA) is 389 Å². The van der Waals surface area contributed by atoms with Crippen LogP contribution < -0.4 is 0 Å². The molecule has 0 aliphatic rings. The Labute approximate surface area is 676 Å². The Morgan fingerprint density at radius 1 is 0.302 bits per heavy atom. The molecule has 3 N–H and O–H groups in total. The van der Waals surface area contributed by atoms with Gasteiger partial charge in [-0.15, -0.1) is 0 Å². The SMILES string of the molecule is C=CC(=O)OC(C)(C)C.C=CC(=O)OC(C)(C)C.CC(C)(C)OC(=O)C=[N+]=[N-].CC(C)(C)OC(=O)CCOCCCI.CC(C)(C)OC(=O)CCOCCCO.CC(C)(C)OC(=O)CCOCCI.CC(C)(C)OC(=O)CCOCCO.CC(C)(C)OC(=O)COCCI.CC(C)(C)OC(=O)COCCO. The van der Waals surface area contributed by atoms with Gasteiger partial charge in [0.15, 0.2) is 0 Å². The van der Waals surface area contributed by atoms with Crippen molar-refractivity contribution in [2.45, 2.75) is 276 Å². The first-order valence-corrected chi connectivity index (χ1v) is 39.1. The zero-order valence-corrected chi connectivity index (χ0v) is 75.8. The molecule has 29 nitrogen and oxygen atoms in total. The summed E-state index contributed by atoms with van der Waals surface area (Å²) >= 11 is 6.71. The number of nitrogens with zero attached hydrogens (tertiary/aromatic N) is 2. The number of hydrogen-bond donors (Lipinski definition) is 3. The molecule has 0 bridgehead atoms. The van der Waals surface area contributed by atoms with Crippen molar-refractivity contribution >= 4 is 128 Å². The van der Waals surface area contributed by atoms with E-state index in [0.29, 0.717) is 71.7 Å². The molecular formula is C74H139I3N2O27. The maximum Gasteiger partial charge on any atom is 0.414 e. The van der Waals surface area contributed by atoms with Gasteiger partial charge < -0.3 is 91.9 Å². The molecule has 0 aromatic heterocycles. The molecule has 0 fully saturated rings. The largest absolute Gasteiger partial charge is 0.460 e. The first kappa shape index (κ1) is 120. The van der Waals surface area contributed by atoms with Crippen molar-refractivity contribution < 1.29 is 134 Å². The predicted molar refractivity (Wildman–Crippen MR) is 433 cm³/mol. The van der Waals surface area contributed by atoms with Gasteiger partial charge in [0.05, 0.1) is 91.8 Å². The van der Waals surface area contributed by atoms with Crippen LogP contribution in [0.2, 0.25) is 0 Å². The van der Waals surface area contributed by atoms with Crippen LogP contribution in [0.4, 0.5) is 0 Å². The van der Waals surface area contributed by atoms with E-state index >= 15 is 0 Å². The number of esters is 9. The van der Waals surface area contributed by atoms with E-state index < -0.39 is 51.1 Å². The zero-order chi connectivity index (χ0) is 85.1. The molecule has 0 amide bonds. The van der Waals surface area contributed by atoms with Crippen molar-refractivity contribution in [1.29, 1.82) is 0 Å². The Bertz CT molecular complexity index is 2200. The minimum Gasteiger partial charge on any atom is -0.460 e. The summed E-state index contributed by atoms with van der Waals surface area (Å²) in [6.07, 6.45) is 5.86. The summed E-state index contributed by atoms with van der Waals surface area (Å²) in [5.74, 6) is -3.00. The van der Waals surface area contributed by atoms with Gasteiger partial charge in [0, 0.05) is 45.3 Å². The fourth-order valence-corrected chi connectivity index (χ4v) is 6.21. The average molecular weight is 1870 g/mol. The van der Waals surface area contributed by atoms with E-state index in [4.69, 9.17) is 91.9 Å². The van der Waals surface area contributed by atoms with Crippen LogP contribution in [0.3, 0.4) is 0 Å². The van der Waals surface area contributed by atoms with Crippen LogP contribution in [-0.4, -0.2) is 243 Å². The molecule has 0 aromatic rings. The van der Waals surface area contributed by atoms with E-state index in [1.54, 1.807) is 41.5 Å². The van der Waals surface area contributed by atoms with Crippen LogP contribution in [0.15, 0.2) is 25.3 Å². The summed E-state index contributed by atoms with van der Waals surface area (Å²) in [4.78, 5) is 100. The van der Waals surface area contributed by atoms with Gasteiger partial charge in [-0.3, -0.25) is 19.2 Å². The van der Waals surface area contributed by atoms with Crippen LogP contribution in [0.25, 0.3) is 5.53 Å². The maximum absolute atomic E-state index is 11.2. The third kappa shape index (κ3) is 139. The number of ether oxygens (including phenoxy) is 15. The number of carbonyl (C=O) groups is 9. The van der Waals surface area contributed by atoms with Crippen molar-refractivity contribution in [1.82, 2.24) is 0 Å². The van der Waals surface area contributed by atoms with Crippen LogP contribution in [0.5, 0.6) is 0 Å². The van der Waals surface area contributed by atoms with Crippen LogP contribution in [0.1, 0.15) is 225 Å². The highest BCUT2D eigenvalue weighted by atomic mass is 127. The number of aliphatic hydroxyl groups is 3. The van der Waals surface area contributed by atoms with Crippen molar-refractivity contribution in [3.63, 3.8) is 0 Å². The van der Waals surface area contributed by atoms with Gasteiger partial charge in [0.1, 0.15) is 63.6 Å². The van der Waals surface area contributed by atoms with Gasteiger partial charge in [-0.1, -0.05) is 80.9 Å². The monoisotopic (exact) mass is 1870 g/mol. The lowest BCUT2D eigenvalue weighted by Crippen LogP contribution is -2.26. The first-order chi connectivity index (χ1) is 48.1. The number of carbonyl (C=O) groups excluding carboxylic acids is 9. The van der Waals surface area contributed by atoms with Gasteiger partial charge in [0.25, 0.3) is 0 Å². The summed E-state index contributed by atoms with van der Waals surface area (Å²) < 4.78 is 77.8. The third-order valence-electron chi connectivity index (χ3n) is 8.26. The minimum atomic E-state index is -0.644. The molecule has 0 spiro atoms. The molecule has 628 valence electrons. The highest BCUT2D eigenvalue weighted by Gasteiger charge is 2.22. The molecule has 106 heavy (non-hydrogen) atoms. The van der Waals surface area contributed by atoms with Crippen LogP contribution >= 0.6 is 67.8 Å². The Morgan fingerprint density at radius 2 is 0.528 bits per heavy atom. The molecule has 0 aliphatic heterocycles. The molecular weight excluding hydrogens is 1730 g/mol. The summed E-state index contributed by atoms with van der Waals surface area (Å²) in [6, 6.07) is 0. The second-order valence-electron chi connectivity index (χ2n) is 30.3. The second kappa shape index (κ2) is 70.1. The highest BCUT2D eigenvalue weighted by molar-refractivity contribution is 14.1. The van der Waals surface area contributed by atoms with Crippen molar-refractivity contribution in [3.05, 3.63) is 30.8 Å². The Balaban J connectivity index is -0.000000143. The predicted octanol–water partition coefficient (Wildman–Crippen LogP) is 12.3. The Hall–Kier alpha value is -4.08. The number of aliphatic hydroxyl groups excluding tert-OH is 3. The molecule has 0 unspecified atom stereocenters. The van der Waals surface area contributed by atoms with Crippen molar-refractivity contribution in [3.8, 4) is 0 Å². The van der Waals surface area contributed by atoms with Gasteiger partial charge in [-0.2, -0.15) is 4.79 Å². The maximum atomic E-state index is 11.2. The summed E-state index contributed by atoms with van der Waals surface area (Å²) in [7, 11) is 0. The lowest BCUT2D eigenvalue weighted by molar-refractivity contribution is -0.161. The van der Waals surface area contributed by atoms with E-state index in [1.807, 2.05) is 145 Å². The summed E-state index contributed by atoms with van der Waals surface area (Å²) in [6.45, 7) is 60.1. The molecule has 0 heterocycles. The average Bonchev–Trinajstić information content (AvgIpc) is 0.684. The van der Waals surface area contributed by atoms with E-state index in [1.165, 1.54) is 0 Å². The third-order valence-corrected chi connectivity index (χ3v) is 9.91. The normalized spacial score (nSPS) is 11.1. The zero-order valence-electron chi connectivity index (χ0n) is 69.3. The Kier molecular flexibility index (Phi) is 79.5. The lowest BCUT2D eigenvalue weighted by Gasteiger charge is -2.19. The van der Waals surface area contributed by atoms with Gasteiger partial charge in [0.2, 0.25) is 0 Å². The fraction of sp³-hybridized carbons (Fsp3) is 0.811. The van der Waals surface area contributed by atoms with Crippen molar-refractivity contribution in [2.75, 3.05) is 112 Å². The quantitative estimate of drug-likeness (QED) is 0.00632. The fourth-order valence-electron chi connectivity index (χ4n) is 5.28. The molecule has 0 aromatic carbocycles. The summed E-state index contributed by atoms with van der Waals surface area (Å²) in [5.41, 5.74) is 4.05.